The molecule has 0 saturated carbocycles. The van der Waals surface area contributed by atoms with Crippen molar-refractivity contribution >= 4 is 17.6 Å². The van der Waals surface area contributed by atoms with Gasteiger partial charge in [0.05, 0.1) is 13.0 Å². The second kappa shape index (κ2) is 6.32. The number of anilines is 1. The third kappa shape index (κ3) is 2.98. The lowest BCUT2D eigenvalue weighted by atomic mass is 9.76. The zero-order valence-electron chi connectivity index (χ0n) is 13.9. The van der Waals surface area contributed by atoms with Crippen LogP contribution in [-0.2, 0) is 14.3 Å². The Balaban J connectivity index is 1.87. The van der Waals surface area contributed by atoms with Crippen molar-refractivity contribution in [3.63, 3.8) is 0 Å². The number of amides is 1. The van der Waals surface area contributed by atoms with Gasteiger partial charge in [0.1, 0.15) is 0 Å². The molecule has 23 heavy (non-hydrogen) atoms. The summed E-state index contributed by atoms with van der Waals surface area (Å²) in [6.07, 6.45) is 3.18. The third-order valence-corrected chi connectivity index (χ3v) is 5.40. The molecular weight excluding hydrogens is 292 g/mol. The summed E-state index contributed by atoms with van der Waals surface area (Å²) >= 11 is 0. The number of esters is 1. The SMILES string of the molecule is COC(=O)C1C(c2ccc(NC(C)=O)cc2)CC2CCC1N2C. The van der Waals surface area contributed by atoms with Crippen molar-refractivity contribution in [3.8, 4) is 0 Å². The van der Waals surface area contributed by atoms with Gasteiger partial charge in [-0.05, 0) is 44.0 Å². The molecular formula is C18H24N2O3. The number of carbonyl (C=O) groups is 2. The van der Waals surface area contributed by atoms with Crippen LogP contribution in [0.4, 0.5) is 5.69 Å². The molecule has 2 saturated heterocycles. The molecule has 2 heterocycles. The van der Waals surface area contributed by atoms with Crippen LogP contribution >= 0.6 is 0 Å². The minimum absolute atomic E-state index is 0.0810. The molecule has 5 heteroatoms. The van der Waals surface area contributed by atoms with Gasteiger partial charge in [0.15, 0.2) is 0 Å². The zero-order valence-corrected chi connectivity index (χ0v) is 13.9. The van der Waals surface area contributed by atoms with Crippen LogP contribution in [-0.4, -0.2) is 43.0 Å². The quantitative estimate of drug-likeness (QED) is 0.870. The standard InChI is InChI=1S/C18H24N2O3/c1-11(21)19-13-6-4-12(5-7-13)15-10-14-8-9-16(20(14)2)17(15)18(22)23-3/h4-7,14-17H,8-10H2,1-3H3,(H,19,21). The molecule has 0 aliphatic carbocycles. The second-order valence-electron chi connectivity index (χ2n) is 6.66. The first-order valence-electron chi connectivity index (χ1n) is 8.18. The van der Waals surface area contributed by atoms with Gasteiger partial charge >= 0.3 is 5.97 Å². The second-order valence-corrected chi connectivity index (χ2v) is 6.66. The van der Waals surface area contributed by atoms with E-state index in [4.69, 9.17) is 4.74 Å². The summed E-state index contributed by atoms with van der Waals surface area (Å²) in [5, 5.41) is 2.78. The molecule has 4 unspecified atom stereocenters. The Morgan fingerprint density at radius 3 is 2.52 bits per heavy atom. The van der Waals surface area contributed by atoms with Crippen molar-refractivity contribution in [2.24, 2.45) is 5.92 Å². The summed E-state index contributed by atoms with van der Waals surface area (Å²) in [5.74, 6) is -0.126. The van der Waals surface area contributed by atoms with Gasteiger partial charge in [-0.25, -0.2) is 0 Å². The van der Waals surface area contributed by atoms with Gasteiger partial charge in [-0.15, -0.1) is 0 Å². The van der Waals surface area contributed by atoms with E-state index in [1.165, 1.54) is 14.0 Å². The van der Waals surface area contributed by atoms with Gasteiger partial charge in [0, 0.05) is 30.6 Å². The highest BCUT2D eigenvalue weighted by Gasteiger charge is 2.49. The highest BCUT2D eigenvalue weighted by Crippen LogP contribution is 2.46. The average Bonchev–Trinajstić information content (AvgIpc) is 2.77. The molecule has 2 bridgehead atoms. The Hall–Kier alpha value is -1.88. The highest BCUT2D eigenvalue weighted by molar-refractivity contribution is 5.88. The monoisotopic (exact) mass is 316 g/mol. The van der Waals surface area contributed by atoms with E-state index < -0.39 is 0 Å². The number of hydrogen-bond donors (Lipinski definition) is 1. The van der Waals surface area contributed by atoms with Crippen LogP contribution in [0.25, 0.3) is 0 Å². The molecule has 3 rings (SSSR count). The summed E-state index contributed by atoms with van der Waals surface area (Å²) in [4.78, 5) is 25.9. The molecule has 2 aliphatic heterocycles. The van der Waals surface area contributed by atoms with Crippen LogP contribution in [0, 0.1) is 5.92 Å². The van der Waals surface area contributed by atoms with E-state index in [2.05, 4.69) is 17.3 Å². The van der Waals surface area contributed by atoms with E-state index in [0.29, 0.717) is 6.04 Å². The van der Waals surface area contributed by atoms with Gasteiger partial charge in [0.25, 0.3) is 0 Å². The topological polar surface area (TPSA) is 58.6 Å². The van der Waals surface area contributed by atoms with E-state index >= 15 is 0 Å². The number of methoxy groups -OCH3 is 1. The van der Waals surface area contributed by atoms with Crippen molar-refractivity contribution in [3.05, 3.63) is 29.8 Å². The molecule has 1 aromatic rings. The maximum absolute atomic E-state index is 12.4. The number of fused-ring (bicyclic) bond motifs is 2. The number of carbonyl (C=O) groups excluding carboxylic acids is 2. The smallest absolute Gasteiger partial charge is 0.310 e. The largest absolute Gasteiger partial charge is 0.469 e. The summed E-state index contributed by atoms with van der Waals surface area (Å²) in [6.45, 7) is 1.50. The molecule has 1 N–H and O–H groups in total. The van der Waals surface area contributed by atoms with Crippen molar-refractivity contribution in [2.45, 2.75) is 44.2 Å². The van der Waals surface area contributed by atoms with E-state index in [9.17, 15) is 9.59 Å². The molecule has 2 fully saturated rings. The fourth-order valence-electron chi connectivity index (χ4n) is 4.28. The maximum Gasteiger partial charge on any atom is 0.310 e. The first-order valence-corrected chi connectivity index (χ1v) is 8.18. The average molecular weight is 316 g/mol. The van der Waals surface area contributed by atoms with Crippen molar-refractivity contribution in [2.75, 3.05) is 19.5 Å². The van der Waals surface area contributed by atoms with Crippen LogP contribution in [0.1, 0.15) is 37.7 Å². The Morgan fingerprint density at radius 1 is 1.22 bits per heavy atom. The lowest BCUT2D eigenvalue weighted by Crippen LogP contribution is -2.49. The van der Waals surface area contributed by atoms with E-state index in [0.717, 1.165) is 30.5 Å². The van der Waals surface area contributed by atoms with Crippen LogP contribution in [0.2, 0.25) is 0 Å². The number of nitrogens with zero attached hydrogens (tertiary/aromatic N) is 1. The molecule has 5 nitrogen and oxygen atoms in total. The number of nitrogens with one attached hydrogen (secondary N) is 1. The molecule has 0 radical (unpaired) electrons. The number of hydrogen-bond acceptors (Lipinski definition) is 4. The van der Waals surface area contributed by atoms with Gasteiger partial charge < -0.3 is 10.1 Å². The summed E-state index contributed by atoms with van der Waals surface area (Å²) in [6, 6.07) is 8.67. The lowest BCUT2D eigenvalue weighted by molar-refractivity contribution is -0.150. The van der Waals surface area contributed by atoms with Crippen LogP contribution in [0.15, 0.2) is 24.3 Å². The van der Waals surface area contributed by atoms with Crippen LogP contribution < -0.4 is 5.32 Å². The third-order valence-electron chi connectivity index (χ3n) is 5.40. The molecule has 124 valence electrons. The Morgan fingerprint density at radius 2 is 1.91 bits per heavy atom. The number of piperidine rings is 1. The molecule has 1 amide bonds. The lowest BCUT2D eigenvalue weighted by Gasteiger charge is -2.41. The molecule has 0 aromatic heterocycles. The minimum Gasteiger partial charge on any atom is -0.469 e. The molecule has 2 aliphatic rings. The van der Waals surface area contributed by atoms with Gasteiger partial charge in [-0.2, -0.15) is 0 Å². The fraction of sp³-hybridized carbons (Fsp3) is 0.556. The summed E-state index contributed by atoms with van der Waals surface area (Å²) in [5.41, 5.74) is 1.94. The minimum atomic E-state index is -0.115. The van der Waals surface area contributed by atoms with Crippen molar-refractivity contribution in [1.82, 2.24) is 4.90 Å². The van der Waals surface area contributed by atoms with Crippen molar-refractivity contribution < 1.29 is 14.3 Å². The Kier molecular flexibility index (Phi) is 4.39. The Bertz CT molecular complexity index is 599. The predicted octanol–water partition coefficient (Wildman–Crippen LogP) is 2.38. The molecule has 4 atom stereocenters. The predicted molar refractivity (Wildman–Crippen MR) is 88.2 cm³/mol. The van der Waals surface area contributed by atoms with Crippen molar-refractivity contribution in [1.29, 1.82) is 0 Å². The number of ether oxygens (including phenoxy) is 1. The first-order chi connectivity index (χ1) is 11.0. The number of benzene rings is 1. The van der Waals surface area contributed by atoms with Gasteiger partial charge in [0.2, 0.25) is 5.91 Å². The maximum atomic E-state index is 12.4. The molecule has 0 spiro atoms. The van der Waals surface area contributed by atoms with Gasteiger partial charge in [-0.1, -0.05) is 12.1 Å². The zero-order chi connectivity index (χ0) is 16.6. The number of rotatable bonds is 3. The normalized spacial score (nSPS) is 30.0. The van der Waals surface area contributed by atoms with Crippen LogP contribution in [0.3, 0.4) is 0 Å². The van der Waals surface area contributed by atoms with Gasteiger partial charge in [-0.3, -0.25) is 14.5 Å². The Labute approximate surface area is 137 Å². The fourth-order valence-corrected chi connectivity index (χ4v) is 4.28. The van der Waals surface area contributed by atoms with E-state index in [-0.39, 0.29) is 29.8 Å². The highest BCUT2D eigenvalue weighted by atomic mass is 16.5. The molecule has 1 aromatic carbocycles. The van der Waals surface area contributed by atoms with Crippen LogP contribution in [0.5, 0.6) is 0 Å². The summed E-state index contributed by atoms with van der Waals surface area (Å²) < 4.78 is 5.09. The van der Waals surface area contributed by atoms with E-state index in [1.54, 1.807) is 0 Å². The first kappa shape index (κ1) is 16.0. The van der Waals surface area contributed by atoms with E-state index in [1.807, 2.05) is 24.3 Å². The summed E-state index contributed by atoms with van der Waals surface area (Å²) in [7, 11) is 3.59.